The highest BCUT2D eigenvalue weighted by atomic mass is 16.4. The van der Waals surface area contributed by atoms with E-state index in [0.717, 1.165) is 6.42 Å². The van der Waals surface area contributed by atoms with Crippen molar-refractivity contribution in [2.45, 2.75) is 39.2 Å². The molecule has 0 fully saturated rings. The van der Waals surface area contributed by atoms with Crippen molar-refractivity contribution in [3.63, 3.8) is 0 Å². The number of hydrogen-bond donors (Lipinski definition) is 2. The van der Waals surface area contributed by atoms with E-state index in [4.69, 9.17) is 10.8 Å². The third-order valence-electron chi connectivity index (χ3n) is 1.79. The fourth-order valence-electron chi connectivity index (χ4n) is 0.996. The SMILES string of the molecule is CCCN(CCC(C)(C)N)C(=O)O. The summed E-state index contributed by atoms with van der Waals surface area (Å²) in [6.07, 6.45) is 0.683. The Kier molecular flexibility index (Phi) is 4.77. The van der Waals surface area contributed by atoms with E-state index in [9.17, 15) is 4.79 Å². The lowest BCUT2D eigenvalue weighted by Crippen LogP contribution is -2.39. The molecule has 0 aliphatic heterocycles. The first kappa shape index (κ1) is 12.2. The van der Waals surface area contributed by atoms with Crippen LogP contribution in [0, 0.1) is 0 Å². The normalized spacial score (nSPS) is 11.4. The van der Waals surface area contributed by atoms with Gasteiger partial charge in [0, 0.05) is 18.6 Å². The van der Waals surface area contributed by atoms with Gasteiger partial charge in [-0.15, -0.1) is 0 Å². The van der Waals surface area contributed by atoms with Gasteiger partial charge in [0.25, 0.3) is 0 Å². The summed E-state index contributed by atoms with van der Waals surface area (Å²) in [6, 6.07) is 0. The average Bonchev–Trinajstić information content (AvgIpc) is 1.95. The Bertz CT molecular complexity index is 163. The van der Waals surface area contributed by atoms with Crippen LogP contribution in [0.15, 0.2) is 0 Å². The van der Waals surface area contributed by atoms with Crippen molar-refractivity contribution in [1.82, 2.24) is 4.90 Å². The third-order valence-corrected chi connectivity index (χ3v) is 1.79. The molecular weight excluding hydrogens is 168 g/mol. The lowest BCUT2D eigenvalue weighted by molar-refractivity contribution is 0.141. The summed E-state index contributed by atoms with van der Waals surface area (Å²) in [5, 5.41) is 8.79. The van der Waals surface area contributed by atoms with Crippen LogP contribution in [0.4, 0.5) is 4.79 Å². The highest BCUT2D eigenvalue weighted by molar-refractivity contribution is 5.64. The molecule has 1 amide bonds. The molecule has 78 valence electrons. The van der Waals surface area contributed by atoms with Gasteiger partial charge in [-0.1, -0.05) is 6.92 Å². The zero-order valence-electron chi connectivity index (χ0n) is 8.71. The maximum Gasteiger partial charge on any atom is 0.407 e. The van der Waals surface area contributed by atoms with Gasteiger partial charge in [0.05, 0.1) is 0 Å². The molecule has 4 heteroatoms. The molecule has 0 aliphatic rings. The largest absolute Gasteiger partial charge is 0.465 e. The van der Waals surface area contributed by atoms with Gasteiger partial charge in [0.1, 0.15) is 0 Å². The molecule has 0 aromatic carbocycles. The average molecular weight is 188 g/mol. The molecule has 0 atom stereocenters. The molecule has 0 rings (SSSR count). The first-order valence-corrected chi connectivity index (χ1v) is 4.63. The van der Waals surface area contributed by atoms with E-state index in [2.05, 4.69) is 0 Å². The molecule has 3 N–H and O–H groups in total. The lowest BCUT2D eigenvalue weighted by atomic mass is 10.0. The van der Waals surface area contributed by atoms with Gasteiger partial charge in [-0.3, -0.25) is 0 Å². The molecule has 4 nitrogen and oxygen atoms in total. The number of hydrogen-bond acceptors (Lipinski definition) is 2. The van der Waals surface area contributed by atoms with Crippen LogP contribution in [-0.2, 0) is 0 Å². The molecule has 0 saturated carbocycles. The Morgan fingerprint density at radius 3 is 2.31 bits per heavy atom. The number of nitrogens with two attached hydrogens (primary N) is 1. The molecule has 0 spiro atoms. The van der Waals surface area contributed by atoms with E-state index in [1.54, 1.807) is 0 Å². The quantitative estimate of drug-likeness (QED) is 0.687. The second kappa shape index (κ2) is 5.07. The van der Waals surface area contributed by atoms with E-state index in [-0.39, 0.29) is 5.54 Å². The molecule has 0 bridgehead atoms. The van der Waals surface area contributed by atoms with Gasteiger partial charge in [-0.25, -0.2) is 4.79 Å². The fraction of sp³-hybridized carbons (Fsp3) is 0.889. The highest BCUT2D eigenvalue weighted by Gasteiger charge is 2.15. The summed E-state index contributed by atoms with van der Waals surface area (Å²) in [5.74, 6) is 0. The number of rotatable bonds is 5. The van der Waals surface area contributed by atoms with E-state index >= 15 is 0 Å². The predicted molar refractivity (Wildman–Crippen MR) is 52.8 cm³/mol. The minimum absolute atomic E-state index is 0.290. The Hall–Kier alpha value is -0.770. The van der Waals surface area contributed by atoms with Gasteiger partial charge < -0.3 is 15.7 Å². The summed E-state index contributed by atoms with van der Waals surface area (Å²) in [6.45, 7) is 6.87. The molecule has 0 aliphatic carbocycles. The zero-order chi connectivity index (χ0) is 10.5. The summed E-state index contributed by atoms with van der Waals surface area (Å²) < 4.78 is 0. The first-order chi connectivity index (χ1) is 5.87. The third kappa shape index (κ3) is 6.40. The van der Waals surface area contributed by atoms with E-state index in [0.29, 0.717) is 19.5 Å². The van der Waals surface area contributed by atoms with Crippen LogP contribution in [0.25, 0.3) is 0 Å². The van der Waals surface area contributed by atoms with Crippen molar-refractivity contribution in [3.05, 3.63) is 0 Å². The number of amides is 1. The van der Waals surface area contributed by atoms with Crippen molar-refractivity contribution in [1.29, 1.82) is 0 Å². The predicted octanol–water partition coefficient (Wildman–Crippen LogP) is 1.50. The number of carboxylic acid groups (broad SMARTS) is 1. The molecule has 0 aromatic rings. The lowest BCUT2D eigenvalue weighted by Gasteiger charge is -2.24. The minimum atomic E-state index is -0.855. The Balaban J connectivity index is 3.90. The molecule has 0 heterocycles. The second-order valence-electron chi connectivity index (χ2n) is 4.01. The molecular formula is C9H20N2O2. The maximum absolute atomic E-state index is 10.7. The molecule has 0 aromatic heterocycles. The smallest absolute Gasteiger partial charge is 0.407 e. The van der Waals surface area contributed by atoms with Crippen molar-refractivity contribution < 1.29 is 9.90 Å². The van der Waals surface area contributed by atoms with Crippen LogP contribution in [0.2, 0.25) is 0 Å². The zero-order valence-corrected chi connectivity index (χ0v) is 8.71. The topological polar surface area (TPSA) is 66.6 Å². The van der Waals surface area contributed by atoms with Crippen molar-refractivity contribution in [2.24, 2.45) is 5.73 Å². The highest BCUT2D eigenvalue weighted by Crippen LogP contribution is 2.05. The summed E-state index contributed by atoms with van der Waals surface area (Å²) in [7, 11) is 0. The molecule has 0 saturated heterocycles. The summed E-state index contributed by atoms with van der Waals surface area (Å²) >= 11 is 0. The van der Waals surface area contributed by atoms with Crippen LogP contribution in [-0.4, -0.2) is 34.7 Å². The summed E-state index contributed by atoms with van der Waals surface area (Å²) in [4.78, 5) is 12.1. The first-order valence-electron chi connectivity index (χ1n) is 4.63. The molecule has 13 heavy (non-hydrogen) atoms. The van der Waals surface area contributed by atoms with Gasteiger partial charge in [0.2, 0.25) is 0 Å². The minimum Gasteiger partial charge on any atom is -0.465 e. The van der Waals surface area contributed by atoms with Gasteiger partial charge in [-0.2, -0.15) is 0 Å². The number of nitrogens with zero attached hydrogens (tertiary/aromatic N) is 1. The molecule has 0 unspecified atom stereocenters. The Labute approximate surface area is 79.7 Å². The van der Waals surface area contributed by atoms with Crippen LogP contribution in [0.3, 0.4) is 0 Å². The van der Waals surface area contributed by atoms with Crippen molar-refractivity contribution in [2.75, 3.05) is 13.1 Å². The standard InChI is InChI=1S/C9H20N2O2/c1-4-6-11(8(12)13)7-5-9(2,3)10/h4-7,10H2,1-3H3,(H,12,13). The fourth-order valence-corrected chi connectivity index (χ4v) is 0.996. The van der Waals surface area contributed by atoms with E-state index < -0.39 is 6.09 Å². The summed E-state index contributed by atoms with van der Waals surface area (Å²) in [5.41, 5.74) is 5.47. The van der Waals surface area contributed by atoms with Crippen LogP contribution in [0.1, 0.15) is 33.6 Å². The monoisotopic (exact) mass is 188 g/mol. The number of carbonyl (C=O) groups is 1. The van der Waals surface area contributed by atoms with Gasteiger partial charge >= 0.3 is 6.09 Å². The van der Waals surface area contributed by atoms with Crippen LogP contribution < -0.4 is 5.73 Å². The van der Waals surface area contributed by atoms with E-state index in [1.807, 2.05) is 20.8 Å². The van der Waals surface area contributed by atoms with Crippen LogP contribution >= 0.6 is 0 Å². The second-order valence-corrected chi connectivity index (χ2v) is 4.01. The van der Waals surface area contributed by atoms with Gasteiger partial charge in [0.15, 0.2) is 0 Å². The Morgan fingerprint density at radius 2 is 2.00 bits per heavy atom. The van der Waals surface area contributed by atoms with Crippen LogP contribution in [0.5, 0.6) is 0 Å². The van der Waals surface area contributed by atoms with Crippen molar-refractivity contribution >= 4 is 6.09 Å². The van der Waals surface area contributed by atoms with Crippen molar-refractivity contribution in [3.8, 4) is 0 Å². The Morgan fingerprint density at radius 1 is 1.46 bits per heavy atom. The van der Waals surface area contributed by atoms with E-state index in [1.165, 1.54) is 4.90 Å². The maximum atomic E-state index is 10.7. The molecule has 0 radical (unpaired) electrons. The van der Waals surface area contributed by atoms with Gasteiger partial charge in [-0.05, 0) is 26.7 Å².